The molecule has 6 nitrogen and oxygen atoms in total. The summed E-state index contributed by atoms with van der Waals surface area (Å²) < 4.78 is 1.95. The normalized spacial score (nSPS) is 27.2. The van der Waals surface area contributed by atoms with Crippen molar-refractivity contribution in [2.75, 3.05) is 6.54 Å². The van der Waals surface area contributed by atoms with Gasteiger partial charge in [0.25, 0.3) is 0 Å². The topological polar surface area (TPSA) is 85.8 Å². The first-order valence-corrected chi connectivity index (χ1v) is 6.97. The molecule has 1 aromatic heterocycles. The van der Waals surface area contributed by atoms with Gasteiger partial charge in [-0.15, -0.1) is 5.10 Å². The largest absolute Gasteiger partial charge is 0.349 e. The van der Waals surface area contributed by atoms with Gasteiger partial charge in [0.1, 0.15) is 5.69 Å². The van der Waals surface area contributed by atoms with Crippen LogP contribution in [0.5, 0.6) is 0 Å². The predicted molar refractivity (Wildman–Crippen MR) is 72.1 cm³/mol. The summed E-state index contributed by atoms with van der Waals surface area (Å²) in [4.78, 5) is 11.1. The standard InChI is InChI=1S/C13H23N5O/c1-9-3-4-12(5-10(9)2)18-8-11(16-17-18)7-15-13(19)6-14/h8-10,12H,3-7,14H2,1-2H3,(H,15,19). The highest BCUT2D eigenvalue weighted by Crippen LogP contribution is 2.35. The number of aromatic nitrogens is 3. The van der Waals surface area contributed by atoms with Gasteiger partial charge in [-0.25, -0.2) is 4.68 Å². The van der Waals surface area contributed by atoms with E-state index in [4.69, 9.17) is 5.73 Å². The second kappa shape index (κ2) is 6.14. The zero-order valence-corrected chi connectivity index (χ0v) is 11.7. The molecular weight excluding hydrogens is 242 g/mol. The summed E-state index contributed by atoms with van der Waals surface area (Å²) in [6, 6.07) is 0.442. The molecule has 0 bridgehead atoms. The molecule has 0 spiro atoms. The number of nitrogens with zero attached hydrogens (tertiary/aromatic N) is 3. The van der Waals surface area contributed by atoms with Crippen molar-refractivity contribution in [1.29, 1.82) is 0 Å². The Labute approximate surface area is 113 Å². The van der Waals surface area contributed by atoms with Crippen LogP contribution in [0.2, 0.25) is 0 Å². The minimum Gasteiger partial charge on any atom is -0.349 e. The van der Waals surface area contributed by atoms with Crippen LogP contribution in [0.15, 0.2) is 6.20 Å². The predicted octanol–water partition coefficient (Wildman–Crippen LogP) is 0.850. The molecule has 106 valence electrons. The summed E-state index contributed by atoms with van der Waals surface area (Å²) in [5.74, 6) is 1.35. The average molecular weight is 265 g/mol. The van der Waals surface area contributed by atoms with E-state index in [0.29, 0.717) is 12.6 Å². The number of hydrogen-bond acceptors (Lipinski definition) is 4. The van der Waals surface area contributed by atoms with Gasteiger partial charge in [-0.3, -0.25) is 4.79 Å². The van der Waals surface area contributed by atoms with Gasteiger partial charge in [0, 0.05) is 0 Å². The van der Waals surface area contributed by atoms with Crippen LogP contribution in [-0.2, 0) is 11.3 Å². The van der Waals surface area contributed by atoms with Gasteiger partial charge in [0.15, 0.2) is 0 Å². The van der Waals surface area contributed by atoms with Crippen molar-refractivity contribution in [1.82, 2.24) is 20.3 Å². The van der Waals surface area contributed by atoms with E-state index in [1.54, 1.807) is 0 Å². The molecule has 1 aliphatic rings. The van der Waals surface area contributed by atoms with Crippen molar-refractivity contribution in [3.8, 4) is 0 Å². The lowest BCUT2D eigenvalue weighted by molar-refractivity contribution is -0.119. The van der Waals surface area contributed by atoms with Crippen molar-refractivity contribution in [3.63, 3.8) is 0 Å². The lowest BCUT2D eigenvalue weighted by atomic mass is 9.79. The average Bonchev–Trinajstić information content (AvgIpc) is 2.88. The summed E-state index contributed by atoms with van der Waals surface area (Å²) in [6.45, 7) is 5.02. The van der Waals surface area contributed by atoms with Gasteiger partial charge in [0.2, 0.25) is 5.91 Å². The lowest BCUT2D eigenvalue weighted by Crippen LogP contribution is -2.29. The smallest absolute Gasteiger partial charge is 0.234 e. The first-order valence-electron chi connectivity index (χ1n) is 6.97. The second-order valence-electron chi connectivity index (χ2n) is 5.59. The Morgan fingerprint density at radius 2 is 2.26 bits per heavy atom. The number of amides is 1. The fraction of sp³-hybridized carbons (Fsp3) is 0.769. The third kappa shape index (κ3) is 3.53. The molecule has 19 heavy (non-hydrogen) atoms. The maximum Gasteiger partial charge on any atom is 0.234 e. The van der Waals surface area contributed by atoms with Gasteiger partial charge in [-0.2, -0.15) is 0 Å². The molecule has 3 atom stereocenters. The highest BCUT2D eigenvalue weighted by Gasteiger charge is 2.26. The zero-order valence-electron chi connectivity index (χ0n) is 11.7. The number of carbonyl (C=O) groups is 1. The fourth-order valence-corrected chi connectivity index (χ4v) is 2.59. The second-order valence-corrected chi connectivity index (χ2v) is 5.59. The monoisotopic (exact) mass is 265 g/mol. The van der Waals surface area contributed by atoms with Crippen molar-refractivity contribution >= 4 is 5.91 Å². The summed E-state index contributed by atoms with van der Waals surface area (Å²) in [5.41, 5.74) is 6.02. The summed E-state index contributed by atoms with van der Waals surface area (Å²) in [6.07, 6.45) is 5.48. The van der Waals surface area contributed by atoms with Crippen LogP contribution < -0.4 is 11.1 Å². The Hall–Kier alpha value is -1.43. The zero-order chi connectivity index (χ0) is 13.8. The molecule has 0 saturated heterocycles. The van der Waals surface area contributed by atoms with Gasteiger partial charge in [-0.1, -0.05) is 19.1 Å². The molecule has 1 fully saturated rings. The molecule has 1 amide bonds. The summed E-state index contributed by atoms with van der Waals surface area (Å²) in [7, 11) is 0. The van der Waals surface area contributed by atoms with Crippen LogP contribution in [0.4, 0.5) is 0 Å². The molecule has 1 aliphatic carbocycles. The molecule has 1 heterocycles. The van der Waals surface area contributed by atoms with Crippen molar-refractivity contribution in [2.45, 2.75) is 45.7 Å². The number of rotatable bonds is 4. The summed E-state index contributed by atoms with van der Waals surface area (Å²) >= 11 is 0. The van der Waals surface area contributed by atoms with Crippen LogP contribution in [0.3, 0.4) is 0 Å². The molecule has 6 heteroatoms. The third-order valence-corrected chi connectivity index (χ3v) is 4.15. The Bertz CT molecular complexity index is 430. The van der Waals surface area contributed by atoms with Crippen LogP contribution in [-0.4, -0.2) is 27.4 Å². The maximum atomic E-state index is 11.1. The molecular formula is C13H23N5O. The van der Waals surface area contributed by atoms with E-state index in [-0.39, 0.29) is 12.5 Å². The van der Waals surface area contributed by atoms with E-state index < -0.39 is 0 Å². The molecule has 1 saturated carbocycles. The van der Waals surface area contributed by atoms with E-state index in [1.165, 1.54) is 6.42 Å². The van der Waals surface area contributed by atoms with Crippen LogP contribution in [0.1, 0.15) is 44.8 Å². The van der Waals surface area contributed by atoms with E-state index >= 15 is 0 Å². The number of nitrogens with one attached hydrogen (secondary N) is 1. The van der Waals surface area contributed by atoms with Crippen LogP contribution in [0.25, 0.3) is 0 Å². The quantitative estimate of drug-likeness (QED) is 0.845. The first-order chi connectivity index (χ1) is 9.10. The van der Waals surface area contributed by atoms with Crippen LogP contribution in [0, 0.1) is 11.8 Å². The van der Waals surface area contributed by atoms with E-state index in [2.05, 4.69) is 29.5 Å². The number of nitrogens with two attached hydrogens (primary N) is 1. The molecule has 3 unspecified atom stereocenters. The summed E-state index contributed by atoms with van der Waals surface area (Å²) in [5, 5.41) is 11.0. The molecule has 2 rings (SSSR count). The highest BCUT2D eigenvalue weighted by atomic mass is 16.1. The van der Waals surface area contributed by atoms with E-state index in [1.807, 2.05) is 10.9 Å². The number of hydrogen-bond donors (Lipinski definition) is 2. The highest BCUT2D eigenvalue weighted by molar-refractivity contribution is 5.77. The minimum absolute atomic E-state index is 0.00612. The van der Waals surface area contributed by atoms with Gasteiger partial charge >= 0.3 is 0 Å². The van der Waals surface area contributed by atoms with E-state index in [9.17, 15) is 4.79 Å². The van der Waals surface area contributed by atoms with Gasteiger partial charge < -0.3 is 11.1 Å². The van der Waals surface area contributed by atoms with Crippen LogP contribution >= 0.6 is 0 Å². The minimum atomic E-state index is -0.172. The molecule has 0 aromatic carbocycles. The first kappa shape index (κ1) is 14.0. The molecule has 0 aliphatic heterocycles. The Balaban J connectivity index is 1.91. The number of carbonyl (C=O) groups excluding carboxylic acids is 1. The SMILES string of the molecule is CC1CCC(n2cc(CNC(=O)CN)nn2)CC1C. The Morgan fingerprint density at radius 1 is 1.47 bits per heavy atom. The fourth-order valence-electron chi connectivity index (χ4n) is 2.59. The Morgan fingerprint density at radius 3 is 2.95 bits per heavy atom. The molecule has 0 radical (unpaired) electrons. The third-order valence-electron chi connectivity index (χ3n) is 4.15. The maximum absolute atomic E-state index is 11.1. The Kier molecular flexibility index (Phi) is 4.52. The van der Waals surface area contributed by atoms with Crippen molar-refractivity contribution in [3.05, 3.63) is 11.9 Å². The molecule has 3 N–H and O–H groups in total. The molecule has 1 aromatic rings. The van der Waals surface area contributed by atoms with Gasteiger partial charge in [0.05, 0.1) is 25.3 Å². The van der Waals surface area contributed by atoms with Crippen molar-refractivity contribution < 1.29 is 4.79 Å². The van der Waals surface area contributed by atoms with E-state index in [0.717, 1.165) is 30.4 Å². The van der Waals surface area contributed by atoms with Gasteiger partial charge in [-0.05, 0) is 31.1 Å². The van der Waals surface area contributed by atoms with Crippen molar-refractivity contribution in [2.24, 2.45) is 17.6 Å². The lowest BCUT2D eigenvalue weighted by Gasteiger charge is -2.31.